The van der Waals surface area contributed by atoms with Gasteiger partial charge in [-0.25, -0.2) is 0 Å². The van der Waals surface area contributed by atoms with E-state index in [1.54, 1.807) is 0 Å². The summed E-state index contributed by atoms with van der Waals surface area (Å²) in [6.45, 7) is 0. The summed E-state index contributed by atoms with van der Waals surface area (Å²) in [7, 11) is 0. The Morgan fingerprint density at radius 2 is 1.27 bits per heavy atom. The molecular weight excluding hydrogens is 340 g/mol. The van der Waals surface area contributed by atoms with Crippen molar-refractivity contribution in [2.45, 2.75) is 6.10 Å². The van der Waals surface area contributed by atoms with Gasteiger partial charge in [-0.3, -0.25) is 0 Å². The molecule has 0 amide bonds. The van der Waals surface area contributed by atoms with E-state index in [1.165, 1.54) is 16.5 Å². The summed E-state index contributed by atoms with van der Waals surface area (Å²) in [4.78, 5) is 0. The summed E-state index contributed by atoms with van der Waals surface area (Å²) in [6, 6.07) is 33.1. The Bertz CT molecular complexity index is 996. The van der Waals surface area contributed by atoms with Gasteiger partial charge in [-0.05, 0) is 28.1 Å². The molecule has 4 aromatic carbocycles. The molecule has 0 spiro atoms. The van der Waals surface area contributed by atoms with Gasteiger partial charge in [0.1, 0.15) is 11.9 Å². The molecule has 128 valence electrons. The third-order valence-corrected chi connectivity index (χ3v) is 4.83. The second-order valence-electron chi connectivity index (χ2n) is 6.19. The van der Waals surface area contributed by atoms with Gasteiger partial charge < -0.3 is 4.74 Å². The number of ether oxygens (including phenoxy) is 1. The van der Waals surface area contributed by atoms with E-state index >= 15 is 0 Å². The van der Waals surface area contributed by atoms with Crippen LogP contribution in [-0.4, -0.2) is 5.88 Å². The zero-order valence-electron chi connectivity index (χ0n) is 14.3. The first-order valence-corrected chi connectivity index (χ1v) is 9.25. The van der Waals surface area contributed by atoms with Crippen molar-refractivity contribution in [3.63, 3.8) is 0 Å². The lowest BCUT2D eigenvalue weighted by Crippen LogP contribution is -2.09. The van der Waals surface area contributed by atoms with Crippen LogP contribution in [0.4, 0.5) is 0 Å². The molecule has 0 aliphatic carbocycles. The van der Waals surface area contributed by atoms with Crippen molar-refractivity contribution in [2.75, 3.05) is 5.88 Å². The first kappa shape index (κ1) is 16.7. The molecule has 0 heterocycles. The number of hydrogen-bond acceptors (Lipinski definition) is 1. The largest absolute Gasteiger partial charge is 0.484 e. The van der Waals surface area contributed by atoms with Crippen LogP contribution in [0.15, 0.2) is 97.1 Å². The summed E-state index contributed by atoms with van der Waals surface area (Å²) in [5.74, 6) is 1.26. The third-order valence-electron chi connectivity index (χ3n) is 4.55. The highest BCUT2D eigenvalue weighted by molar-refractivity contribution is 6.18. The Hall–Kier alpha value is -2.77. The van der Waals surface area contributed by atoms with E-state index in [9.17, 15) is 0 Å². The molecular formula is C24H19ClO. The molecule has 4 rings (SSSR count). The van der Waals surface area contributed by atoms with E-state index in [1.807, 2.05) is 48.5 Å². The number of hydrogen-bond donors (Lipinski definition) is 0. The van der Waals surface area contributed by atoms with E-state index in [0.29, 0.717) is 5.88 Å². The van der Waals surface area contributed by atoms with E-state index in [-0.39, 0.29) is 6.10 Å². The molecule has 0 saturated heterocycles. The number of fused-ring (bicyclic) bond motifs is 1. The molecule has 0 aliphatic rings. The Morgan fingerprint density at radius 1 is 0.654 bits per heavy atom. The van der Waals surface area contributed by atoms with E-state index in [4.69, 9.17) is 16.3 Å². The minimum absolute atomic E-state index is 0.177. The molecule has 26 heavy (non-hydrogen) atoms. The second-order valence-corrected chi connectivity index (χ2v) is 6.50. The number of halogens is 1. The van der Waals surface area contributed by atoms with Crippen LogP contribution in [-0.2, 0) is 0 Å². The zero-order valence-corrected chi connectivity index (χ0v) is 15.1. The van der Waals surface area contributed by atoms with Gasteiger partial charge in [0, 0.05) is 5.39 Å². The highest BCUT2D eigenvalue weighted by atomic mass is 35.5. The first-order valence-electron chi connectivity index (χ1n) is 8.71. The van der Waals surface area contributed by atoms with E-state index in [2.05, 4.69) is 48.5 Å². The maximum Gasteiger partial charge on any atom is 0.137 e. The SMILES string of the molecule is ClCC(Oc1ccc(-c2ccccc2)c2ccccc12)c1ccccc1. The van der Waals surface area contributed by atoms with Crippen molar-refractivity contribution in [1.29, 1.82) is 0 Å². The lowest BCUT2D eigenvalue weighted by Gasteiger charge is -2.19. The fourth-order valence-corrected chi connectivity index (χ4v) is 3.49. The summed E-state index contributed by atoms with van der Waals surface area (Å²) < 4.78 is 6.32. The molecule has 0 aliphatic heterocycles. The molecule has 4 aromatic rings. The predicted octanol–water partition coefficient (Wildman–Crippen LogP) is 6.87. The molecule has 0 N–H and O–H groups in total. The van der Waals surface area contributed by atoms with Gasteiger partial charge in [-0.15, -0.1) is 11.6 Å². The Balaban J connectivity index is 1.77. The van der Waals surface area contributed by atoms with Crippen molar-refractivity contribution >= 4 is 22.4 Å². The summed E-state index contributed by atoms with van der Waals surface area (Å²) in [6.07, 6.45) is -0.177. The molecule has 1 atom stereocenters. The van der Waals surface area contributed by atoms with Crippen molar-refractivity contribution < 1.29 is 4.74 Å². The van der Waals surface area contributed by atoms with Gasteiger partial charge in [-0.1, -0.05) is 91.0 Å². The van der Waals surface area contributed by atoms with Crippen LogP contribution in [0.5, 0.6) is 5.75 Å². The summed E-state index contributed by atoms with van der Waals surface area (Å²) in [5.41, 5.74) is 3.49. The van der Waals surface area contributed by atoms with E-state index in [0.717, 1.165) is 16.7 Å². The molecule has 2 heteroatoms. The fourth-order valence-electron chi connectivity index (χ4n) is 3.25. The van der Waals surface area contributed by atoms with Gasteiger partial charge in [0.2, 0.25) is 0 Å². The molecule has 0 radical (unpaired) electrons. The lowest BCUT2D eigenvalue weighted by atomic mass is 9.97. The fraction of sp³-hybridized carbons (Fsp3) is 0.0833. The van der Waals surface area contributed by atoms with Crippen LogP contribution in [0.25, 0.3) is 21.9 Å². The van der Waals surface area contributed by atoms with E-state index < -0.39 is 0 Å². The number of alkyl halides is 1. The standard InChI is InChI=1S/C24H19ClO/c25-17-24(19-11-5-2-6-12-19)26-23-16-15-20(18-9-3-1-4-10-18)21-13-7-8-14-22(21)23/h1-16,24H,17H2. The van der Waals surface area contributed by atoms with Gasteiger partial charge in [0.25, 0.3) is 0 Å². The zero-order chi connectivity index (χ0) is 17.8. The van der Waals surface area contributed by atoms with Crippen LogP contribution in [0.2, 0.25) is 0 Å². The second kappa shape index (κ2) is 7.63. The van der Waals surface area contributed by atoms with Crippen LogP contribution >= 0.6 is 11.6 Å². The van der Waals surface area contributed by atoms with Crippen molar-refractivity contribution in [3.8, 4) is 16.9 Å². The van der Waals surface area contributed by atoms with Crippen molar-refractivity contribution in [3.05, 3.63) is 103 Å². The molecule has 0 fully saturated rings. The predicted molar refractivity (Wildman–Crippen MR) is 110 cm³/mol. The molecule has 0 aromatic heterocycles. The third kappa shape index (κ3) is 3.31. The average Bonchev–Trinajstić information content (AvgIpc) is 2.73. The topological polar surface area (TPSA) is 9.23 Å². The quantitative estimate of drug-likeness (QED) is 0.354. The maximum atomic E-state index is 6.32. The van der Waals surface area contributed by atoms with Crippen molar-refractivity contribution in [2.24, 2.45) is 0 Å². The Kier molecular flexibility index (Phi) is 4.90. The molecule has 1 unspecified atom stereocenters. The van der Waals surface area contributed by atoms with Crippen LogP contribution in [0.1, 0.15) is 11.7 Å². The van der Waals surface area contributed by atoms with Gasteiger partial charge in [-0.2, -0.15) is 0 Å². The average molecular weight is 359 g/mol. The molecule has 1 nitrogen and oxygen atoms in total. The van der Waals surface area contributed by atoms with Gasteiger partial charge in [0.05, 0.1) is 5.88 Å². The summed E-state index contributed by atoms with van der Waals surface area (Å²) in [5, 5.41) is 2.28. The highest BCUT2D eigenvalue weighted by Crippen LogP contribution is 2.36. The molecule has 0 bridgehead atoms. The summed E-state index contributed by atoms with van der Waals surface area (Å²) >= 11 is 6.21. The minimum Gasteiger partial charge on any atom is -0.484 e. The van der Waals surface area contributed by atoms with Crippen LogP contribution < -0.4 is 4.74 Å². The van der Waals surface area contributed by atoms with Gasteiger partial charge in [0.15, 0.2) is 0 Å². The van der Waals surface area contributed by atoms with Crippen LogP contribution in [0.3, 0.4) is 0 Å². The monoisotopic (exact) mass is 358 g/mol. The maximum absolute atomic E-state index is 6.32. The minimum atomic E-state index is -0.177. The number of benzene rings is 4. The first-order chi connectivity index (χ1) is 12.9. The lowest BCUT2D eigenvalue weighted by molar-refractivity contribution is 0.233. The smallest absolute Gasteiger partial charge is 0.137 e. The van der Waals surface area contributed by atoms with Crippen molar-refractivity contribution in [1.82, 2.24) is 0 Å². The van der Waals surface area contributed by atoms with Crippen LogP contribution in [0, 0.1) is 0 Å². The Morgan fingerprint density at radius 3 is 1.96 bits per heavy atom. The van der Waals surface area contributed by atoms with Gasteiger partial charge >= 0.3 is 0 Å². The number of rotatable bonds is 5. The highest BCUT2D eigenvalue weighted by Gasteiger charge is 2.15. The molecule has 0 saturated carbocycles. The Labute approximate surface area is 158 Å². The normalized spacial score (nSPS) is 12.0.